The minimum absolute atomic E-state index is 0.0377. The Morgan fingerprint density at radius 2 is 1.85 bits per heavy atom. The molecule has 6 rings (SSSR count). The molecule has 3 N–H and O–H groups in total. The van der Waals surface area contributed by atoms with Crippen molar-refractivity contribution in [3.8, 4) is 11.8 Å². The average molecular weight is 892 g/mol. The van der Waals surface area contributed by atoms with Crippen molar-refractivity contribution in [1.82, 2.24) is 25.2 Å². The topological polar surface area (TPSA) is 182 Å². The van der Waals surface area contributed by atoms with Crippen LogP contribution in [0.4, 0.5) is 26.7 Å². The number of carbonyl (C=O) groups excluding carboxylic acids is 4. The molecule has 4 aliphatic rings. The van der Waals surface area contributed by atoms with Crippen molar-refractivity contribution >= 4 is 56.2 Å². The highest BCUT2D eigenvalue weighted by Crippen LogP contribution is 2.48. The van der Waals surface area contributed by atoms with Crippen LogP contribution in [0, 0.1) is 17.8 Å². The van der Waals surface area contributed by atoms with Gasteiger partial charge in [0.1, 0.15) is 23.7 Å². The fourth-order valence-corrected chi connectivity index (χ4v) is 9.18. The number of carbonyl (C=O) groups is 4. The summed E-state index contributed by atoms with van der Waals surface area (Å²) in [5.41, 5.74) is -1.72. The van der Waals surface area contributed by atoms with Crippen LogP contribution in [0.3, 0.4) is 0 Å². The van der Waals surface area contributed by atoms with E-state index in [2.05, 4.69) is 25.1 Å². The summed E-state index contributed by atoms with van der Waals surface area (Å²) < 4.78 is 110. The molecule has 3 fully saturated rings. The maximum Gasteiger partial charge on any atom is 0.425 e. The molecule has 14 nitrogen and oxygen atoms in total. The fourth-order valence-electron chi connectivity index (χ4n) is 7.64. The van der Waals surface area contributed by atoms with Gasteiger partial charge in [0.25, 0.3) is 12.3 Å². The first-order valence-electron chi connectivity index (χ1n) is 19.6. The van der Waals surface area contributed by atoms with Crippen LogP contribution in [0.25, 0.3) is 10.8 Å². The van der Waals surface area contributed by atoms with Crippen LogP contribution in [0.1, 0.15) is 72.6 Å². The second kappa shape index (κ2) is 17.1. The Morgan fingerprint density at radius 1 is 1.13 bits per heavy atom. The van der Waals surface area contributed by atoms with E-state index >= 15 is 0 Å². The first-order valence-corrected chi connectivity index (χ1v) is 21.5. The van der Waals surface area contributed by atoms with Crippen molar-refractivity contribution in [3.63, 3.8) is 0 Å². The third-order valence-corrected chi connectivity index (χ3v) is 14.2. The number of alkyl carbamates (subject to hydrolysis) is 1. The highest BCUT2D eigenvalue weighted by molar-refractivity contribution is 7.91. The van der Waals surface area contributed by atoms with Crippen molar-refractivity contribution in [2.75, 3.05) is 13.2 Å². The maximum absolute atomic E-state index is 14.7. The molecule has 21 heteroatoms. The monoisotopic (exact) mass is 891 g/mol. The largest absolute Gasteiger partial charge is 0.472 e. The zero-order chi connectivity index (χ0) is 43.9. The molecule has 2 aliphatic heterocycles. The summed E-state index contributed by atoms with van der Waals surface area (Å²) in [6.45, 7) is 4.28. The Kier molecular flexibility index (Phi) is 12.9. The number of ether oxygens (including phenoxy) is 3. The van der Waals surface area contributed by atoms with E-state index in [9.17, 15) is 49.5 Å². The SMILES string of the molecule is C[C@@H]1CC/C=C\[C@@H]2C[C@@]2(C(=O)NS(=O)(=O)C2(C)CC2)NC(=O)[C@@H]2C[C@@H](Oc3nc(OCC(F)F)cc4c(Cl)cccc34)CN2C(=O)[C@@H](NC(=O)O[C@H](C)C(F)(F)F)[C@H](C)C1. The molecule has 0 bridgehead atoms. The lowest BCUT2D eigenvalue weighted by molar-refractivity contribution is -0.197. The Bertz CT molecular complexity index is 2140. The van der Waals surface area contributed by atoms with Gasteiger partial charge in [-0.05, 0) is 76.3 Å². The van der Waals surface area contributed by atoms with E-state index in [-0.39, 0.29) is 42.1 Å². The van der Waals surface area contributed by atoms with Crippen LogP contribution in [0.5, 0.6) is 11.8 Å². The summed E-state index contributed by atoms with van der Waals surface area (Å²) in [5.74, 6) is -4.55. The third kappa shape index (κ3) is 9.84. The Balaban J connectivity index is 1.37. The number of amides is 4. The van der Waals surface area contributed by atoms with Crippen LogP contribution in [-0.2, 0) is 29.1 Å². The first kappa shape index (κ1) is 45.1. The Morgan fingerprint density at radius 3 is 2.52 bits per heavy atom. The summed E-state index contributed by atoms with van der Waals surface area (Å²) in [4.78, 5) is 61.4. The van der Waals surface area contributed by atoms with E-state index in [1.807, 2.05) is 13.0 Å². The first-order chi connectivity index (χ1) is 28.0. The van der Waals surface area contributed by atoms with Crippen LogP contribution in [0.2, 0.25) is 5.02 Å². The maximum atomic E-state index is 14.7. The van der Waals surface area contributed by atoms with Gasteiger partial charge in [0.05, 0.1) is 11.3 Å². The molecule has 0 unspecified atom stereocenters. The highest BCUT2D eigenvalue weighted by Gasteiger charge is 2.63. The average Bonchev–Trinajstić information content (AvgIpc) is 4.04. The van der Waals surface area contributed by atoms with Crippen LogP contribution >= 0.6 is 11.6 Å². The fraction of sp³-hybridized carbons (Fsp3) is 0.615. The van der Waals surface area contributed by atoms with E-state index < -0.39 is 99.5 Å². The molecule has 3 heterocycles. The molecule has 2 aromatic rings. The van der Waals surface area contributed by atoms with Crippen molar-refractivity contribution in [2.45, 2.75) is 120 Å². The third-order valence-electron chi connectivity index (χ3n) is 11.7. The van der Waals surface area contributed by atoms with Crippen molar-refractivity contribution in [3.05, 3.63) is 41.4 Å². The normalized spacial score (nSPS) is 29.2. The number of nitrogens with one attached hydrogen (secondary N) is 3. The number of alkyl halides is 5. The second-order valence-electron chi connectivity index (χ2n) is 16.5. The van der Waals surface area contributed by atoms with Crippen LogP contribution < -0.4 is 24.8 Å². The van der Waals surface area contributed by atoms with Crippen molar-refractivity contribution in [1.29, 1.82) is 0 Å². The summed E-state index contributed by atoms with van der Waals surface area (Å²) >= 11 is 6.43. The Labute approximate surface area is 348 Å². The lowest BCUT2D eigenvalue weighted by atomic mass is 9.88. The van der Waals surface area contributed by atoms with Gasteiger partial charge in [-0.15, -0.1) is 0 Å². The highest BCUT2D eigenvalue weighted by atomic mass is 35.5. The van der Waals surface area contributed by atoms with Gasteiger partial charge in [-0.2, -0.15) is 18.2 Å². The smallest absolute Gasteiger partial charge is 0.425 e. The van der Waals surface area contributed by atoms with Gasteiger partial charge in [0.2, 0.25) is 33.6 Å². The number of aromatic nitrogens is 1. The standard InChI is InChI=1S/C39H47ClF5N5O9S/c1-20-8-5-6-9-23-17-38(23,35(53)49-60(55,56)37(4)12-13-37)48-32(51)28-15-24(59-33-25-10-7-11-27(40)26(25)16-30(46-33)57-19-29(41)42)18-50(28)34(52)31(21(2)14-20)47-36(54)58-22(3)39(43,44)45/h6-7,9-11,16,20-24,28-29,31H,5,8,12-15,17-19H2,1-4H3,(H,47,54)(H,48,51)(H,49,53)/b9-6-/t20-,21-,22-,23-,24-,28+,31+,38-/m1/s1. The quantitative estimate of drug-likeness (QED) is 0.195. The van der Waals surface area contributed by atoms with Crippen molar-refractivity contribution < 1.29 is 63.8 Å². The lowest BCUT2D eigenvalue weighted by Crippen LogP contribution is -2.59. The van der Waals surface area contributed by atoms with Gasteiger partial charge in [-0.3, -0.25) is 19.1 Å². The molecule has 0 radical (unpaired) electrons. The minimum Gasteiger partial charge on any atom is -0.472 e. The number of hydrogen-bond donors (Lipinski definition) is 3. The molecule has 4 amide bonds. The molecule has 1 aromatic heterocycles. The number of allylic oxidation sites excluding steroid dienone is 1. The number of pyridine rings is 1. The number of sulfonamides is 1. The molecular formula is C39H47ClF5N5O9S. The summed E-state index contributed by atoms with van der Waals surface area (Å²) in [6, 6.07) is 3.08. The molecule has 0 spiro atoms. The molecule has 1 saturated heterocycles. The van der Waals surface area contributed by atoms with Gasteiger partial charge in [0.15, 0.2) is 12.7 Å². The van der Waals surface area contributed by atoms with E-state index in [0.717, 1.165) is 4.90 Å². The van der Waals surface area contributed by atoms with Gasteiger partial charge >= 0.3 is 12.3 Å². The number of halogens is 6. The Hall–Kier alpha value is -4.46. The second-order valence-corrected chi connectivity index (χ2v) is 19.1. The number of nitrogens with zero attached hydrogens (tertiary/aromatic N) is 2. The molecule has 1 aromatic carbocycles. The number of rotatable bonds is 10. The van der Waals surface area contributed by atoms with E-state index in [1.165, 1.54) is 19.1 Å². The van der Waals surface area contributed by atoms with E-state index in [1.54, 1.807) is 25.1 Å². The minimum atomic E-state index is -4.90. The molecular weight excluding hydrogens is 845 g/mol. The van der Waals surface area contributed by atoms with Gasteiger partial charge < -0.3 is 29.7 Å². The van der Waals surface area contributed by atoms with Crippen LogP contribution in [-0.4, -0.2) is 102 Å². The van der Waals surface area contributed by atoms with E-state index in [0.29, 0.717) is 49.8 Å². The number of benzene rings is 1. The van der Waals surface area contributed by atoms with Crippen LogP contribution in [0.15, 0.2) is 36.4 Å². The summed E-state index contributed by atoms with van der Waals surface area (Å²) in [5, 5.41) is 5.87. The zero-order valence-corrected chi connectivity index (χ0v) is 34.8. The molecule has 2 aliphatic carbocycles. The number of fused-ring (bicyclic) bond motifs is 3. The molecule has 330 valence electrons. The molecule has 8 atom stereocenters. The van der Waals surface area contributed by atoms with Crippen molar-refractivity contribution in [2.24, 2.45) is 17.8 Å². The zero-order valence-electron chi connectivity index (χ0n) is 33.2. The number of hydrogen-bond acceptors (Lipinski definition) is 10. The predicted molar refractivity (Wildman–Crippen MR) is 207 cm³/mol. The van der Waals surface area contributed by atoms with E-state index in [4.69, 9.17) is 21.1 Å². The van der Waals surface area contributed by atoms with Gasteiger partial charge in [-0.25, -0.2) is 22.0 Å². The summed E-state index contributed by atoms with van der Waals surface area (Å²) in [6.07, 6.45) is -7.51. The molecule has 2 saturated carbocycles. The summed E-state index contributed by atoms with van der Waals surface area (Å²) in [7, 11) is -4.13. The predicted octanol–water partition coefficient (Wildman–Crippen LogP) is 5.81. The lowest BCUT2D eigenvalue weighted by Gasteiger charge is -2.33. The van der Waals surface area contributed by atoms with Gasteiger partial charge in [0, 0.05) is 34.2 Å². The molecule has 60 heavy (non-hydrogen) atoms. The van der Waals surface area contributed by atoms with Gasteiger partial charge in [-0.1, -0.05) is 43.7 Å².